The van der Waals surface area contributed by atoms with Gasteiger partial charge in [-0.1, -0.05) is 18.7 Å². The van der Waals surface area contributed by atoms with Crippen molar-refractivity contribution in [3.63, 3.8) is 0 Å². The van der Waals surface area contributed by atoms with Gasteiger partial charge in [-0.3, -0.25) is 0 Å². The lowest BCUT2D eigenvalue weighted by Gasteiger charge is -2.31. The Bertz CT molecular complexity index is 920. The number of carbonyl (C=O) groups excluding carboxylic acids is 1. The molecule has 158 valence electrons. The van der Waals surface area contributed by atoms with Gasteiger partial charge in [0.1, 0.15) is 0 Å². The molecule has 1 fully saturated rings. The van der Waals surface area contributed by atoms with E-state index in [1.54, 1.807) is 23.1 Å². The van der Waals surface area contributed by atoms with Gasteiger partial charge in [-0.2, -0.15) is 0 Å². The Morgan fingerprint density at radius 2 is 1.97 bits per heavy atom. The number of rotatable bonds is 7. The molecule has 7 nitrogen and oxygen atoms in total. The lowest BCUT2D eigenvalue weighted by molar-refractivity contribution is 0.238. The molecule has 2 amide bonds. The predicted octanol–water partition coefficient (Wildman–Crippen LogP) is 3.93. The number of nitrogens with one attached hydrogen (secondary N) is 2. The van der Waals surface area contributed by atoms with Crippen LogP contribution in [-0.2, 0) is 10.0 Å². The fourth-order valence-electron chi connectivity index (χ4n) is 3.10. The quantitative estimate of drug-likeness (QED) is 0.661. The highest BCUT2D eigenvalue weighted by molar-refractivity contribution is 8.01. The van der Waals surface area contributed by atoms with Crippen LogP contribution in [0.1, 0.15) is 31.9 Å². The number of aromatic nitrogens is 1. The van der Waals surface area contributed by atoms with E-state index in [1.807, 2.05) is 43.5 Å². The standard InChI is InChI=1S/C19H26N4O3S3/c1-3-12-29(25,26)23-10-8-16(9-11-23)22-18(24)21-15-4-6-17(7-5-15)28-19-20-14(2)13-27-19/h4-7,13,16H,3,8-12H2,1-2H3,(H2,21,22,24). The maximum absolute atomic E-state index is 12.3. The average Bonchev–Trinajstić information content (AvgIpc) is 3.08. The van der Waals surface area contributed by atoms with E-state index in [9.17, 15) is 13.2 Å². The first kappa shape index (κ1) is 22.1. The first-order valence-corrected chi connectivity index (χ1v) is 12.9. The molecule has 0 atom stereocenters. The number of piperidine rings is 1. The minimum absolute atomic E-state index is 0.0222. The average molecular weight is 455 g/mol. The molecule has 0 saturated carbocycles. The molecule has 1 saturated heterocycles. The lowest BCUT2D eigenvalue weighted by atomic mass is 10.1. The Morgan fingerprint density at radius 1 is 1.28 bits per heavy atom. The minimum atomic E-state index is -3.16. The van der Waals surface area contributed by atoms with Crippen LogP contribution in [0.15, 0.2) is 38.9 Å². The molecule has 2 N–H and O–H groups in total. The van der Waals surface area contributed by atoms with Crippen LogP contribution in [0.3, 0.4) is 0 Å². The summed E-state index contributed by atoms with van der Waals surface area (Å²) in [6.07, 6.45) is 1.86. The molecular weight excluding hydrogens is 428 g/mol. The topological polar surface area (TPSA) is 91.4 Å². The van der Waals surface area contributed by atoms with E-state index >= 15 is 0 Å². The van der Waals surface area contributed by atoms with Gasteiger partial charge >= 0.3 is 6.03 Å². The predicted molar refractivity (Wildman–Crippen MR) is 118 cm³/mol. The fourth-order valence-corrected chi connectivity index (χ4v) is 6.46. The molecule has 0 aliphatic carbocycles. The Labute approximate surface area is 180 Å². The number of urea groups is 1. The lowest BCUT2D eigenvalue weighted by Crippen LogP contribution is -2.47. The van der Waals surface area contributed by atoms with Gasteiger partial charge in [0.15, 0.2) is 4.34 Å². The number of carbonyl (C=O) groups is 1. The van der Waals surface area contributed by atoms with Gasteiger partial charge in [0.2, 0.25) is 10.0 Å². The molecule has 2 heterocycles. The number of thiazole rings is 1. The molecule has 1 aliphatic heterocycles. The van der Waals surface area contributed by atoms with Gasteiger partial charge in [-0.15, -0.1) is 11.3 Å². The monoisotopic (exact) mass is 454 g/mol. The van der Waals surface area contributed by atoms with E-state index in [2.05, 4.69) is 15.6 Å². The summed E-state index contributed by atoms with van der Waals surface area (Å²) in [5.41, 5.74) is 1.73. The number of benzene rings is 1. The van der Waals surface area contributed by atoms with Gasteiger partial charge in [-0.25, -0.2) is 22.5 Å². The normalized spacial score (nSPS) is 15.9. The van der Waals surface area contributed by atoms with Crippen molar-refractivity contribution in [1.29, 1.82) is 0 Å². The zero-order valence-electron chi connectivity index (χ0n) is 16.6. The summed E-state index contributed by atoms with van der Waals surface area (Å²) in [5, 5.41) is 7.81. The number of hydrogen-bond acceptors (Lipinski definition) is 6. The molecule has 10 heteroatoms. The van der Waals surface area contributed by atoms with Crippen molar-refractivity contribution >= 4 is 44.8 Å². The van der Waals surface area contributed by atoms with E-state index in [4.69, 9.17) is 0 Å². The van der Waals surface area contributed by atoms with Crippen LogP contribution in [0.25, 0.3) is 0 Å². The van der Waals surface area contributed by atoms with E-state index in [0.717, 1.165) is 14.9 Å². The second kappa shape index (κ2) is 9.92. The first-order valence-electron chi connectivity index (χ1n) is 9.61. The summed E-state index contributed by atoms with van der Waals surface area (Å²) in [6.45, 7) is 4.74. The van der Waals surface area contributed by atoms with Crippen LogP contribution in [-0.4, -0.2) is 48.6 Å². The van der Waals surface area contributed by atoms with E-state index in [-0.39, 0.29) is 17.8 Å². The van der Waals surface area contributed by atoms with Gasteiger partial charge in [-0.05, 0) is 50.5 Å². The van der Waals surface area contributed by atoms with Gasteiger partial charge in [0.25, 0.3) is 0 Å². The van der Waals surface area contributed by atoms with Crippen molar-refractivity contribution in [2.24, 2.45) is 0 Å². The van der Waals surface area contributed by atoms with Crippen molar-refractivity contribution in [3.8, 4) is 0 Å². The molecule has 2 aromatic rings. The summed E-state index contributed by atoms with van der Waals surface area (Å²) in [5.74, 6) is 0.183. The molecule has 0 bridgehead atoms. The largest absolute Gasteiger partial charge is 0.335 e. The second-order valence-electron chi connectivity index (χ2n) is 6.97. The van der Waals surface area contributed by atoms with E-state index in [1.165, 1.54) is 4.31 Å². The van der Waals surface area contributed by atoms with Crippen LogP contribution in [0, 0.1) is 6.92 Å². The third-order valence-corrected chi connectivity index (χ3v) is 8.70. The summed E-state index contributed by atoms with van der Waals surface area (Å²) in [7, 11) is -3.16. The number of aryl methyl sites for hydroxylation is 1. The maximum Gasteiger partial charge on any atom is 0.319 e. The smallest absolute Gasteiger partial charge is 0.319 e. The highest BCUT2D eigenvalue weighted by atomic mass is 32.2. The molecule has 3 rings (SSSR count). The van der Waals surface area contributed by atoms with Crippen LogP contribution >= 0.6 is 23.1 Å². The van der Waals surface area contributed by atoms with Crippen molar-refractivity contribution < 1.29 is 13.2 Å². The zero-order valence-corrected chi connectivity index (χ0v) is 19.0. The summed E-state index contributed by atoms with van der Waals surface area (Å²) >= 11 is 3.21. The number of anilines is 1. The SMILES string of the molecule is CCCS(=O)(=O)N1CCC(NC(=O)Nc2ccc(Sc3nc(C)cs3)cc2)CC1. The van der Waals surface area contributed by atoms with E-state index in [0.29, 0.717) is 38.0 Å². The molecule has 1 aromatic heterocycles. The van der Waals surface area contributed by atoms with Crippen molar-refractivity contribution in [2.45, 2.75) is 48.4 Å². The Balaban J connectivity index is 1.45. The maximum atomic E-state index is 12.3. The minimum Gasteiger partial charge on any atom is -0.335 e. The molecular formula is C19H26N4O3S3. The molecule has 0 unspecified atom stereocenters. The van der Waals surface area contributed by atoms with E-state index < -0.39 is 10.0 Å². The Morgan fingerprint density at radius 3 is 2.55 bits per heavy atom. The molecule has 29 heavy (non-hydrogen) atoms. The zero-order chi connectivity index (χ0) is 20.9. The third kappa shape index (κ3) is 6.43. The van der Waals surface area contributed by atoms with Gasteiger partial charge in [0, 0.05) is 40.8 Å². The van der Waals surface area contributed by atoms with Crippen molar-refractivity contribution in [2.75, 3.05) is 24.2 Å². The van der Waals surface area contributed by atoms with Crippen LogP contribution < -0.4 is 10.6 Å². The molecule has 1 aliphatic rings. The Hall–Kier alpha value is -1.62. The number of hydrogen-bond donors (Lipinski definition) is 2. The number of nitrogens with zero attached hydrogens (tertiary/aromatic N) is 2. The summed E-state index contributed by atoms with van der Waals surface area (Å²) in [4.78, 5) is 17.8. The molecule has 1 aromatic carbocycles. The van der Waals surface area contributed by atoms with Crippen molar-refractivity contribution in [3.05, 3.63) is 35.3 Å². The third-order valence-electron chi connectivity index (χ3n) is 4.56. The summed E-state index contributed by atoms with van der Waals surface area (Å²) in [6, 6.07) is 7.34. The highest BCUT2D eigenvalue weighted by Gasteiger charge is 2.27. The second-order valence-corrected chi connectivity index (χ2v) is 11.2. The molecule has 0 radical (unpaired) electrons. The van der Waals surface area contributed by atoms with Crippen LogP contribution in [0.5, 0.6) is 0 Å². The highest BCUT2D eigenvalue weighted by Crippen LogP contribution is 2.30. The molecule has 0 spiro atoms. The van der Waals surface area contributed by atoms with Gasteiger partial charge in [0.05, 0.1) is 5.75 Å². The van der Waals surface area contributed by atoms with Crippen LogP contribution in [0.2, 0.25) is 0 Å². The number of sulfonamides is 1. The first-order chi connectivity index (χ1) is 13.9. The van der Waals surface area contributed by atoms with Gasteiger partial charge < -0.3 is 10.6 Å². The number of amides is 2. The van der Waals surface area contributed by atoms with Crippen LogP contribution in [0.4, 0.5) is 10.5 Å². The van der Waals surface area contributed by atoms with Crippen molar-refractivity contribution in [1.82, 2.24) is 14.6 Å². The Kier molecular flexibility index (Phi) is 7.55. The summed E-state index contributed by atoms with van der Waals surface area (Å²) < 4.78 is 26.8. The fraction of sp³-hybridized carbons (Fsp3) is 0.474.